The first-order chi connectivity index (χ1) is 18.7. The third kappa shape index (κ3) is 7.02. The minimum Gasteiger partial charge on any atom is -0.496 e. The summed E-state index contributed by atoms with van der Waals surface area (Å²) in [4.78, 5) is 17.0. The number of hydrogen-bond donors (Lipinski definition) is 1. The van der Waals surface area contributed by atoms with Crippen LogP contribution in [0.25, 0.3) is 0 Å². The molecule has 0 spiro atoms. The number of nitrogens with zero attached hydrogens (tertiary/aromatic N) is 2. The number of carbonyl (C=O) groups excluding carboxylic acids is 1. The van der Waals surface area contributed by atoms with Crippen molar-refractivity contribution in [2.24, 2.45) is 5.41 Å². The smallest absolute Gasteiger partial charge is 0.413 e. The van der Waals surface area contributed by atoms with Gasteiger partial charge in [0.05, 0.1) is 19.8 Å². The number of aliphatic hydroxyl groups excluding tert-OH is 1. The lowest BCUT2D eigenvalue weighted by molar-refractivity contribution is -0.0637. The van der Waals surface area contributed by atoms with E-state index in [-0.39, 0.29) is 18.1 Å². The molecule has 4 rings (SSSR count). The largest absolute Gasteiger partial charge is 0.496 e. The zero-order chi connectivity index (χ0) is 29.3. The molecule has 2 heterocycles. The van der Waals surface area contributed by atoms with E-state index in [0.29, 0.717) is 29.2 Å². The Balaban J connectivity index is 1.50. The van der Waals surface area contributed by atoms with Crippen molar-refractivity contribution < 1.29 is 28.8 Å². The molecule has 2 aliphatic rings. The molecule has 40 heavy (non-hydrogen) atoms. The highest BCUT2D eigenvalue weighted by atomic mass is 16.6. The summed E-state index contributed by atoms with van der Waals surface area (Å²) < 4.78 is 23.3. The Kier molecular flexibility index (Phi) is 8.62. The van der Waals surface area contributed by atoms with E-state index in [1.54, 1.807) is 12.0 Å². The van der Waals surface area contributed by atoms with Crippen LogP contribution in [0.4, 0.5) is 10.5 Å². The summed E-state index contributed by atoms with van der Waals surface area (Å²) in [6, 6.07) is 13.1. The minimum absolute atomic E-state index is 0.228. The topological polar surface area (TPSA) is 80.7 Å². The molecule has 1 N–H and O–H groups in total. The summed E-state index contributed by atoms with van der Waals surface area (Å²) in [7, 11) is 1.62. The van der Waals surface area contributed by atoms with Crippen LogP contribution in [0.3, 0.4) is 0 Å². The van der Waals surface area contributed by atoms with Gasteiger partial charge in [-0.15, -0.1) is 0 Å². The zero-order valence-electron chi connectivity index (χ0n) is 25.3. The van der Waals surface area contributed by atoms with E-state index in [0.717, 1.165) is 25.2 Å². The molecule has 2 atom stereocenters. The van der Waals surface area contributed by atoms with Crippen molar-refractivity contribution >= 4 is 11.8 Å². The lowest BCUT2D eigenvalue weighted by atomic mass is 9.84. The van der Waals surface area contributed by atoms with Gasteiger partial charge in [-0.05, 0) is 88.8 Å². The Hall–Kier alpha value is -2.97. The predicted molar refractivity (Wildman–Crippen MR) is 156 cm³/mol. The van der Waals surface area contributed by atoms with Crippen LogP contribution >= 0.6 is 0 Å². The molecule has 1 amide bonds. The van der Waals surface area contributed by atoms with Crippen LogP contribution in [0.15, 0.2) is 42.5 Å². The maximum Gasteiger partial charge on any atom is 0.413 e. The van der Waals surface area contributed by atoms with Crippen LogP contribution in [-0.2, 0) is 9.47 Å². The Labute approximate surface area is 239 Å². The average molecular weight is 555 g/mol. The van der Waals surface area contributed by atoms with Gasteiger partial charge in [-0.25, -0.2) is 4.79 Å². The molecule has 2 aromatic rings. The van der Waals surface area contributed by atoms with Crippen molar-refractivity contribution in [2.75, 3.05) is 38.3 Å². The number of hydrogen-bond acceptors (Lipinski definition) is 7. The fraction of sp³-hybridized carbons (Fsp3) is 0.594. The number of anilines is 1. The predicted octanol–water partition coefficient (Wildman–Crippen LogP) is 6.15. The highest BCUT2D eigenvalue weighted by Gasteiger charge is 2.46. The lowest BCUT2D eigenvalue weighted by Crippen LogP contribution is -2.51. The first-order valence-corrected chi connectivity index (χ1v) is 14.2. The third-order valence-corrected chi connectivity index (χ3v) is 7.55. The maximum absolute atomic E-state index is 13.0. The van der Waals surface area contributed by atoms with E-state index >= 15 is 0 Å². The van der Waals surface area contributed by atoms with Gasteiger partial charge < -0.3 is 29.0 Å². The van der Waals surface area contributed by atoms with Gasteiger partial charge in [0.15, 0.2) is 0 Å². The number of rotatable bonds is 7. The monoisotopic (exact) mass is 554 g/mol. The van der Waals surface area contributed by atoms with Gasteiger partial charge in [0, 0.05) is 24.3 Å². The maximum atomic E-state index is 13.0. The molecule has 2 saturated heterocycles. The molecule has 0 saturated carbocycles. The van der Waals surface area contributed by atoms with Gasteiger partial charge in [0.25, 0.3) is 0 Å². The highest BCUT2D eigenvalue weighted by Crippen LogP contribution is 2.37. The van der Waals surface area contributed by atoms with Crippen LogP contribution < -0.4 is 14.4 Å². The Morgan fingerprint density at radius 2 is 1.90 bits per heavy atom. The number of aliphatic hydroxyl groups is 1. The van der Waals surface area contributed by atoms with Crippen molar-refractivity contribution in [1.82, 2.24) is 4.90 Å². The molecule has 0 radical (unpaired) electrons. The molecule has 0 aliphatic carbocycles. The lowest BCUT2D eigenvalue weighted by Gasteiger charge is -2.39. The molecule has 220 valence electrons. The molecular weight excluding hydrogens is 508 g/mol. The van der Waals surface area contributed by atoms with Crippen LogP contribution in [0.2, 0.25) is 0 Å². The zero-order valence-corrected chi connectivity index (χ0v) is 25.3. The van der Waals surface area contributed by atoms with Gasteiger partial charge in [-0.2, -0.15) is 0 Å². The van der Waals surface area contributed by atoms with Gasteiger partial charge in [-0.3, -0.25) is 4.90 Å². The van der Waals surface area contributed by atoms with Crippen molar-refractivity contribution in [3.63, 3.8) is 0 Å². The van der Waals surface area contributed by atoms with E-state index in [1.807, 2.05) is 71.0 Å². The van der Waals surface area contributed by atoms with E-state index in [4.69, 9.17) is 18.9 Å². The van der Waals surface area contributed by atoms with Crippen molar-refractivity contribution in [3.05, 3.63) is 53.6 Å². The second kappa shape index (κ2) is 11.5. The third-order valence-electron chi connectivity index (χ3n) is 7.55. The summed E-state index contributed by atoms with van der Waals surface area (Å²) in [6.45, 7) is 16.4. The Morgan fingerprint density at radius 1 is 1.15 bits per heavy atom. The normalized spacial score (nSPS) is 21.2. The number of benzene rings is 2. The summed E-state index contributed by atoms with van der Waals surface area (Å²) in [5.41, 5.74) is 1.32. The van der Waals surface area contributed by atoms with E-state index in [2.05, 4.69) is 24.8 Å². The highest BCUT2D eigenvalue weighted by molar-refractivity contribution is 5.69. The van der Waals surface area contributed by atoms with Crippen LogP contribution in [0.1, 0.15) is 78.5 Å². The first-order valence-electron chi connectivity index (χ1n) is 14.2. The summed E-state index contributed by atoms with van der Waals surface area (Å²) in [5, 5.41) is 11.5. The number of amides is 1. The van der Waals surface area contributed by atoms with Gasteiger partial charge in [0.1, 0.15) is 35.5 Å². The molecule has 8 nitrogen and oxygen atoms in total. The molecule has 2 aromatic carbocycles. The van der Waals surface area contributed by atoms with Gasteiger partial charge in [0.2, 0.25) is 0 Å². The number of methoxy groups -OCH3 is 1. The second-order valence-electron chi connectivity index (χ2n) is 13.2. The minimum atomic E-state index is -0.900. The van der Waals surface area contributed by atoms with Crippen molar-refractivity contribution in [3.8, 4) is 11.5 Å². The van der Waals surface area contributed by atoms with Gasteiger partial charge in [-0.1, -0.05) is 26.0 Å². The molecule has 0 aromatic heterocycles. The number of carbonyl (C=O) groups is 1. The quantitative estimate of drug-likeness (QED) is 0.439. The molecule has 8 heteroatoms. The van der Waals surface area contributed by atoms with E-state index in [9.17, 15) is 9.90 Å². The summed E-state index contributed by atoms with van der Waals surface area (Å²) >= 11 is 0. The summed E-state index contributed by atoms with van der Waals surface area (Å²) in [6.07, 6.45) is 1.02. The van der Waals surface area contributed by atoms with E-state index in [1.165, 1.54) is 6.42 Å². The SMILES string of the molecule is COc1ccc(N2CCCC(C)(C)C2)cc1[C@@H](O)c1cccc(OCC2COC(C)(C)N2C(=O)OC(C)(C)C)c1. The second-order valence-corrected chi connectivity index (χ2v) is 13.2. The number of piperidine rings is 1. The van der Waals surface area contributed by atoms with Crippen LogP contribution in [0.5, 0.6) is 11.5 Å². The van der Waals surface area contributed by atoms with Crippen molar-refractivity contribution in [1.29, 1.82) is 0 Å². The average Bonchev–Trinajstić information content (AvgIpc) is 3.19. The summed E-state index contributed by atoms with van der Waals surface area (Å²) in [5.74, 6) is 1.23. The fourth-order valence-corrected chi connectivity index (χ4v) is 5.61. The molecule has 0 bridgehead atoms. The van der Waals surface area contributed by atoms with Gasteiger partial charge >= 0.3 is 6.09 Å². The first kappa shape index (κ1) is 30.0. The number of ether oxygens (including phenoxy) is 4. The van der Waals surface area contributed by atoms with E-state index < -0.39 is 23.5 Å². The van der Waals surface area contributed by atoms with Crippen LogP contribution in [0, 0.1) is 5.41 Å². The molecule has 2 aliphatic heterocycles. The molecule has 1 unspecified atom stereocenters. The molecule has 2 fully saturated rings. The Bertz CT molecular complexity index is 1190. The standard InChI is InChI=1S/C32H46N2O6/c1-30(2,3)40-29(36)34-24(20-39-32(34,6)7)19-38-25-12-9-11-22(17-25)28(35)26-18-23(13-14-27(26)37-8)33-16-10-15-31(4,5)21-33/h9,11-14,17-18,24,28,35H,10,15-16,19-21H2,1-8H3/t24?,28-/m0/s1. The molecular formula is C32H46N2O6. The Morgan fingerprint density at radius 3 is 2.58 bits per heavy atom. The van der Waals surface area contributed by atoms with Crippen molar-refractivity contribution in [2.45, 2.75) is 84.8 Å². The fourth-order valence-electron chi connectivity index (χ4n) is 5.61. The van der Waals surface area contributed by atoms with Crippen LogP contribution in [-0.4, -0.2) is 66.9 Å².